The van der Waals surface area contributed by atoms with Gasteiger partial charge in [0.25, 0.3) is 0 Å². The van der Waals surface area contributed by atoms with E-state index in [1.165, 1.54) is 11.3 Å². The Labute approximate surface area is 201 Å². The fraction of sp³-hybridized carbons (Fsp3) is 0.800. The first-order valence-corrected chi connectivity index (χ1v) is 13.2. The summed E-state index contributed by atoms with van der Waals surface area (Å²) in [5.74, 6) is -0.164. The summed E-state index contributed by atoms with van der Waals surface area (Å²) in [5, 5.41) is 27.7. The molecule has 2 aliphatic rings. The van der Waals surface area contributed by atoms with E-state index in [9.17, 15) is 19.8 Å². The number of aliphatic hydroxyl groups excluding tert-OH is 2. The van der Waals surface area contributed by atoms with Gasteiger partial charge in [-0.3, -0.25) is 9.59 Å². The van der Waals surface area contributed by atoms with Crippen molar-refractivity contribution >= 4 is 28.3 Å². The topological polar surface area (TPSA) is 112 Å². The lowest BCUT2D eigenvalue weighted by Gasteiger charge is -2.58. The first kappa shape index (κ1) is 26.1. The Bertz CT molecular complexity index is 857. The van der Waals surface area contributed by atoms with Gasteiger partial charge in [-0.1, -0.05) is 33.6 Å². The zero-order valence-electron chi connectivity index (χ0n) is 20.7. The summed E-state index contributed by atoms with van der Waals surface area (Å²) >= 11 is 1.48. The van der Waals surface area contributed by atoms with Crippen molar-refractivity contribution in [3.63, 3.8) is 0 Å². The number of rotatable bonds is 9. The first-order chi connectivity index (χ1) is 15.5. The number of nitrogens with one attached hydrogen (secondary N) is 2. The van der Waals surface area contributed by atoms with Crippen molar-refractivity contribution in [3.05, 3.63) is 10.6 Å². The van der Waals surface area contributed by atoms with Crippen molar-refractivity contribution < 1.29 is 19.8 Å². The normalized spacial score (nSPS) is 31.1. The largest absolute Gasteiger partial charge is 0.396 e. The van der Waals surface area contributed by atoms with E-state index >= 15 is 0 Å². The SMILES string of the molecule is CCCCCC(=O)Nc1nc2c(s1)CC1C(C)(CO)C(O)CCC1(C)C2CC(=O)NC(C)C. The predicted molar refractivity (Wildman–Crippen MR) is 131 cm³/mol. The van der Waals surface area contributed by atoms with Gasteiger partial charge in [0.15, 0.2) is 5.13 Å². The number of unbranched alkanes of at least 4 members (excludes halogenated alkanes) is 2. The number of fused-ring (bicyclic) bond motifs is 2. The number of aromatic nitrogens is 1. The fourth-order valence-corrected chi connectivity index (χ4v) is 7.07. The van der Waals surface area contributed by atoms with Crippen LogP contribution >= 0.6 is 11.3 Å². The molecular weight excluding hydrogens is 438 g/mol. The molecule has 4 N–H and O–H groups in total. The Hall–Kier alpha value is -1.51. The lowest BCUT2D eigenvalue weighted by molar-refractivity contribution is -0.144. The van der Waals surface area contributed by atoms with Crippen LogP contribution in [0.25, 0.3) is 0 Å². The highest BCUT2D eigenvalue weighted by atomic mass is 32.1. The molecule has 2 aliphatic carbocycles. The number of hydrogen-bond acceptors (Lipinski definition) is 6. The minimum Gasteiger partial charge on any atom is -0.396 e. The standard InChI is InChI=1S/C25H41N3O4S/c1-6-7-8-9-20(31)27-23-28-22-16(12-21(32)26-15(2)3)24(4)11-10-19(30)25(5,14-29)18(24)13-17(22)33-23/h15-16,18-19,29-30H,6-14H2,1-5H3,(H,26,32)(H,27,28,31). The Balaban J connectivity index is 1.95. The molecule has 1 fully saturated rings. The van der Waals surface area contributed by atoms with Crippen molar-refractivity contribution in [2.75, 3.05) is 11.9 Å². The molecule has 33 heavy (non-hydrogen) atoms. The van der Waals surface area contributed by atoms with E-state index in [0.29, 0.717) is 30.8 Å². The van der Waals surface area contributed by atoms with E-state index in [4.69, 9.17) is 4.98 Å². The van der Waals surface area contributed by atoms with Crippen LogP contribution in [0.2, 0.25) is 0 Å². The maximum atomic E-state index is 12.9. The van der Waals surface area contributed by atoms with Crippen LogP contribution in [0.3, 0.4) is 0 Å². The maximum absolute atomic E-state index is 12.9. The molecule has 0 spiro atoms. The highest BCUT2D eigenvalue weighted by molar-refractivity contribution is 7.15. The molecule has 5 unspecified atom stereocenters. The molecule has 8 heteroatoms. The second-order valence-electron chi connectivity index (χ2n) is 10.8. The van der Waals surface area contributed by atoms with E-state index in [-0.39, 0.29) is 41.7 Å². The minimum absolute atomic E-state index is 0.0108. The van der Waals surface area contributed by atoms with Crippen LogP contribution in [-0.2, 0) is 16.0 Å². The average Bonchev–Trinajstić information content (AvgIpc) is 3.14. The molecule has 1 aromatic heterocycles. The van der Waals surface area contributed by atoms with Crippen LogP contribution < -0.4 is 10.6 Å². The van der Waals surface area contributed by atoms with Crippen molar-refractivity contribution in [1.29, 1.82) is 0 Å². The molecule has 0 saturated heterocycles. The molecule has 2 amide bonds. The number of amides is 2. The average molecular weight is 480 g/mol. The van der Waals surface area contributed by atoms with Gasteiger partial charge >= 0.3 is 0 Å². The monoisotopic (exact) mass is 479 g/mol. The van der Waals surface area contributed by atoms with E-state index in [0.717, 1.165) is 36.3 Å². The zero-order valence-corrected chi connectivity index (χ0v) is 21.6. The first-order valence-electron chi connectivity index (χ1n) is 12.4. The molecule has 0 bridgehead atoms. The third kappa shape index (κ3) is 5.28. The molecule has 7 nitrogen and oxygen atoms in total. The van der Waals surface area contributed by atoms with Gasteiger partial charge in [0, 0.05) is 35.1 Å². The third-order valence-corrected chi connectivity index (χ3v) is 9.00. The summed E-state index contributed by atoms with van der Waals surface area (Å²) in [6.45, 7) is 10.1. The lowest BCUT2D eigenvalue weighted by atomic mass is 9.47. The van der Waals surface area contributed by atoms with Crippen LogP contribution in [0.15, 0.2) is 0 Å². The predicted octanol–water partition coefficient (Wildman–Crippen LogP) is 3.99. The summed E-state index contributed by atoms with van der Waals surface area (Å²) in [7, 11) is 0. The summed E-state index contributed by atoms with van der Waals surface area (Å²) in [6, 6.07) is 0.0495. The summed E-state index contributed by atoms with van der Waals surface area (Å²) < 4.78 is 0. The molecule has 1 saturated carbocycles. The van der Waals surface area contributed by atoms with Gasteiger partial charge in [-0.05, 0) is 50.9 Å². The van der Waals surface area contributed by atoms with Crippen LogP contribution in [0.4, 0.5) is 5.13 Å². The van der Waals surface area contributed by atoms with Gasteiger partial charge in [0.2, 0.25) is 11.8 Å². The molecule has 3 rings (SSSR count). The van der Waals surface area contributed by atoms with Gasteiger partial charge in [-0.15, -0.1) is 11.3 Å². The van der Waals surface area contributed by atoms with Crippen LogP contribution in [0.5, 0.6) is 0 Å². The quantitative estimate of drug-likeness (QED) is 0.400. The Morgan fingerprint density at radius 3 is 2.61 bits per heavy atom. The number of carbonyl (C=O) groups is 2. The van der Waals surface area contributed by atoms with Gasteiger partial charge in [0.1, 0.15) is 0 Å². The Morgan fingerprint density at radius 2 is 1.97 bits per heavy atom. The molecule has 1 aromatic rings. The fourth-order valence-electron chi connectivity index (χ4n) is 5.98. The van der Waals surface area contributed by atoms with E-state index < -0.39 is 11.5 Å². The second-order valence-corrected chi connectivity index (χ2v) is 11.9. The van der Waals surface area contributed by atoms with Gasteiger partial charge in [0.05, 0.1) is 18.4 Å². The van der Waals surface area contributed by atoms with Crippen molar-refractivity contribution in [2.24, 2.45) is 16.7 Å². The van der Waals surface area contributed by atoms with Gasteiger partial charge in [-0.2, -0.15) is 0 Å². The molecule has 1 heterocycles. The Morgan fingerprint density at radius 1 is 1.24 bits per heavy atom. The van der Waals surface area contributed by atoms with Crippen molar-refractivity contribution in [2.45, 2.75) is 104 Å². The Kier molecular flexibility index (Phi) is 8.23. The number of aliphatic hydroxyl groups is 2. The van der Waals surface area contributed by atoms with E-state index in [1.54, 1.807) is 0 Å². The number of hydrogen-bond donors (Lipinski definition) is 4. The second kappa shape index (κ2) is 10.4. The number of nitrogens with zero attached hydrogens (tertiary/aromatic N) is 1. The van der Waals surface area contributed by atoms with Crippen molar-refractivity contribution in [3.8, 4) is 0 Å². The summed E-state index contributed by atoms with van der Waals surface area (Å²) in [6.07, 6.45) is 5.20. The highest BCUT2D eigenvalue weighted by Crippen LogP contribution is 2.62. The highest BCUT2D eigenvalue weighted by Gasteiger charge is 2.59. The number of thiazole rings is 1. The molecule has 186 valence electrons. The number of anilines is 1. The van der Waals surface area contributed by atoms with E-state index in [1.807, 2.05) is 20.8 Å². The smallest absolute Gasteiger partial charge is 0.226 e. The third-order valence-electron chi connectivity index (χ3n) is 7.99. The molecular formula is C25H41N3O4S. The molecule has 5 atom stereocenters. The van der Waals surface area contributed by atoms with E-state index in [2.05, 4.69) is 24.5 Å². The van der Waals surface area contributed by atoms with Crippen LogP contribution in [0.1, 0.15) is 96.1 Å². The number of carbonyl (C=O) groups excluding carboxylic acids is 2. The maximum Gasteiger partial charge on any atom is 0.226 e. The minimum atomic E-state index is -0.648. The van der Waals surface area contributed by atoms with Crippen LogP contribution in [0, 0.1) is 16.7 Å². The summed E-state index contributed by atoms with van der Waals surface area (Å²) in [4.78, 5) is 31.2. The van der Waals surface area contributed by atoms with Crippen molar-refractivity contribution in [1.82, 2.24) is 10.3 Å². The lowest BCUT2D eigenvalue weighted by Crippen LogP contribution is -2.57. The molecule has 0 aliphatic heterocycles. The molecule has 0 aromatic carbocycles. The van der Waals surface area contributed by atoms with Crippen LogP contribution in [-0.4, -0.2) is 45.8 Å². The van der Waals surface area contributed by atoms with Gasteiger partial charge in [-0.25, -0.2) is 4.98 Å². The zero-order chi connectivity index (χ0) is 24.4. The molecule has 0 radical (unpaired) electrons. The summed E-state index contributed by atoms with van der Waals surface area (Å²) in [5.41, 5.74) is -0.0299. The van der Waals surface area contributed by atoms with Gasteiger partial charge < -0.3 is 20.8 Å².